The number of benzene rings is 1. The van der Waals surface area contributed by atoms with Gasteiger partial charge in [-0.2, -0.15) is 0 Å². The molecule has 0 saturated heterocycles. The van der Waals surface area contributed by atoms with Crippen molar-refractivity contribution in [2.24, 2.45) is 0 Å². The first-order valence-corrected chi connectivity index (χ1v) is 8.90. The number of ether oxygens (including phenoxy) is 3. The van der Waals surface area contributed by atoms with Crippen LogP contribution in [-0.2, 0) is 12.0 Å². The second-order valence-electron chi connectivity index (χ2n) is 7.31. The summed E-state index contributed by atoms with van der Waals surface area (Å²) >= 11 is 0. The van der Waals surface area contributed by atoms with Crippen LogP contribution in [0, 0.1) is 6.92 Å². The predicted molar refractivity (Wildman–Crippen MR) is 103 cm³/mol. The third-order valence-electron chi connectivity index (χ3n) is 4.60. The van der Waals surface area contributed by atoms with E-state index < -0.39 is 0 Å². The molecule has 1 aromatic carbocycles. The molecule has 0 radical (unpaired) electrons. The summed E-state index contributed by atoms with van der Waals surface area (Å²) in [4.78, 5) is 0. The minimum atomic E-state index is -0.0318. The fourth-order valence-electron chi connectivity index (χ4n) is 3.27. The maximum Gasteiger partial charge on any atom is 0.203 e. The highest BCUT2D eigenvalue weighted by molar-refractivity contribution is 5.53. The molecule has 5 nitrogen and oxygen atoms in total. The van der Waals surface area contributed by atoms with Crippen LogP contribution < -0.4 is 19.5 Å². The van der Waals surface area contributed by atoms with Crippen molar-refractivity contribution in [1.29, 1.82) is 0 Å². The Labute approximate surface area is 156 Å². The van der Waals surface area contributed by atoms with Crippen molar-refractivity contribution in [3.8, 4) is 17.2 Å². The van der Waals surface area contributed by atoms with Crippen LogP contribution in [0.25, 0.3) is 0 Å². The molecule has 0 unspecified atom stereocenters. The van der Waals surface area contributed by atoms with Crippen molar-refractivity contribution in [2.75, 3.05) is 21.3 Å². The summed E-state index contributed by atoms with van der Waals surface area (Å²) in [5.41, 5.74) is 1.05. The fourth-order valence-corrected chi connectivity index (χ4v) is 3.27. The largest absolute Gasteiger partial charge is 0.493 e. The van der Waals surface area contributed by atoms with Crippen molar-refractivity contribution in [2.45, 2.75) is 52.1 Å². The zero-order valence-electron chi connectivity index (χ0n) is 16.9. The summed E-state index contributed by atoms with van der Waals surface area (Å²) in [7, 11) is 4.87. The average molecular weight is 361 g/mol. The van der Waals surface area contributed by atoms with E-state index in [-0.39, 0.29) is 5.41 Å². The van der Waals surface area contributed by atoms with Crippen LogP contribution in [-0.4, -0.2) is 27.4 Å². The van der Waals surface area contributed by atoms with Gasteiger partial charge in [0, 0.05) is 18.0 Å². The molecule has 144 valence electrons. The Kier molecular flexibility index (Phi) is 6.59. The summed E-state index contributed by atoms with van der Waals surface area (Å²) in [6.07, 6.45) is 0.963. The summed E-state index contributed by atoms with van der Waals surface area (Å²) < 4.78 is 22.0. The Morgan fingerprint density at radius 2 is 1.65 bits per heavy atom. The monoisotopic (exact) mass is 361 g/mol. The van der Waals surface area contributed by atoms with Crippen LogP contribution in [0.2, 0.25) is 0 Å². The number of methoxy groups -OCH3 is 3. The van der Waals surface area contributed by atoms with Gasteiger partial charge in [-0.25, -0.2) is 0 Å². The van der Waals surface area contributed by atoms with E-state index in [2.05, 4.69) is 32.2 Å². The lowest BCUT2D eigenvalue weighted by atomic mass is 9.83. The lowest BCUT2D eigenvalue weighted by Gasteiger charge is -2.27. The van der Waals surface area contributed by atoms with Crippen molar-refractivity contribution in [1.82, 2.24) is 5.32 Å². The normalized spacial score (nSPS) is 12.7. The highest BCUT2D eigenvalue weighted by Crippen LogP contribution is 2.38. The fraction of sp³-hybridized carbons (Fsp3) is 0.524. The molecule has 0 bridgehead atoms. The van der Waals surface area contributed by atoms with Gasteiger partial charge in [0.15, 0.2) is 11.5 Å². The van der Waals surface area contributed by atoms with E-state index in [0.717, 1.165) is 23.5 Å². The van der Waals surface area contributed by atoms with Crippen LogP contribution in [0.15, 0.2) is 28.7 Å². The van der Waals surface area contributed by atoms with E-state index in [1.807, 2.05) is 25.1 Å². The van der Waals surface area contributed by atoms with E-state index in [1.165, 1.54) is 0 Å². The van der Waals surface area contributed by atoms with E-state index in [1.54, 1.807) is 21.3 Å². The maximum atomic E-state index is 5.82. The maximum absolute atomic E-state index is 5.82. The minimum absolute atomic E-state index is 0.0318. The Bertz CT molecular complexity index is 696. The van der Waals surface area contributed by atoms with E-state index in [4.69, 9.17) is 18.6 Å². The first-order valence-electron chi connectivity index (χ1n) is 8.90. The molecule has 0 aliphatic carbocycles. The molecule has 1 aromatic heterocycles. The molecule has 2 rings (SSSR count). The smallest absolute Gasteiger partial charge is 0.203 e. The number of furan rings is 1. The molecule has 1 atom stereocenters. The highest BCUT2D eigenvalue weighted by atomic mass is 16.5. The van der Waals surface area contributed by atoms with Crippen molar-refractivity contribution in [3.05, 3.63) is 41.3 Å². The van der Waals surface area contributed by atoms with Crippen molar-refractivity contribution in [3.63, 3.8) is 0 Å². The zero-order valence-corrected chi connectivity index (χ0v) is 16.9. The van der Waals surface area contributed by atoms with Crippen LogP contribution in [0.1, 0.15) is 44.3 Å². The van der Waals surface area contributed by atoms with Gasteiger partial charge >= 0.3 is 0 Å². The molecular formula is C21H31NO4. The van der Waals surface area contributed by atoms with Gasteiger partial charge in [0.2, 0.25) is 5.75 Å². The average Bonchev–Trinajstić information content (AvgIpc) is 3.06. The van der Waals surface area contributed by atoms with Crippen LogP contribution in [0.5, 0.6) is 17.2 Å². The third-order valence-corrected chi connectivity index (χ3v) is 4.60. The lowest BCUT2D eigenvalue weighted by molar-refractivity contribution is 0.316. The second-order valence-corrected chi connectivity index (χ2v) is 7.31. The number of aryl methyl sites for hydroxylation is 1. The number of nitrogens with one attached hydrogen (secondary N) is 1. The van der Waals surface area contributed by atoms with Gasteiger partial charge in [0.05, 0.1) is 21.3 Å². The zero-order chi connectivity index (χ0) is 19.3. The molecule has 0 fully saturated rings. The highest BCUT2D eigenvalue weighted by Gasteiger charge is 2.26. The van der Waals surface area contributed by atoms with Crippen LogP contribution in [0.4, 0.5) is 0 Å². The Morgan fingerprint density at radius 3 is 2.12 bits per heavy atom. The minimum Gasteiger partial charge on any atom is -0.493 e. The Balaban J connectivity index is 2.03. The van der Waals surface area contributed by atoms with Crippen LogP contribution in [0.3, 0.4) is 0 Å². The molecule has 2 aromatic rings. The van der Waals surface area contributed by atoms with E-state index >= 15 is 0 Å². The molecule has 26 heavy (non-hydrogen) atoms. The number of hydrogen-bond donors (Lipinski definition) is 1. The van der Waals surface area contributed by atoms with Crippen molar-refractivity contribution < 1.29 is 18.6 Å². The van der Waals surface area contributed by atoms with Crippen LogP contribution >= 0.6 is 0 Å². The van der Waals surface area contributed by atoms with Gasteiger partial charge in [-0.3, -0.25) is 0 Å². The quantitative estimate of drug-likeness (QED) is 0.715. The number of hydrogen-bond acceptors (Lipinski definition) is 5. The van der Waals surface area contributed by atoms with Crippen molar-refractivity contribution >= 4 is 0 Å². The topological polar surface area (TPSA) is 52.9 Å². The van der Waals surface area contributed by atoms with E-state index in [9.17, 15) is 0 Å². The second kappa shape index (κ2) is 8.49. The van der Waals surface area contributed by atoms with E-state index in [0.29, 0.717) is 29.8 Å². The third kappa shape index (κ3) is 4.73. The SMILES string of the molecule is COc1cc(CN[C@@H](C)CC(C)(C)c2ccc(C)o2)cc(OC)c1OC. The summed E-state index contributed by atoms with van der Waals surface area (Å²) in [5, 5.41) is 3.58. The first kappa shape index (κ1) is 20.2. The lowest BCUT2D eigenvalue weighted by Crippen LogP contribution is -2.32. The van der Waals surface area contributed by atoms with Gasteiger partial charge in [-0.05, 0) is 50.1 Å². The molecule has 0 saturated carbocycles. The van der Waals surface area contributed by atoms with Gasteiger partial charge < -0.3 is 23.9 Å². The molecular weight excluding hydrogens is 330 g/mol. The summed E-state index contributed by atoms with van der Waals surface area (Å²) in [6.45, 7) is 9.30. The first-order chi connectivity index (χ1) is 12.3. The Morgan fingerprint density at radius 1 is 1.04 bits per heavy atom. The molecule has 0 amide bonds. The molecule has 1 N–H and O–H groups in total. The molecule has 0 aliphatic heterocycles. The number of rotatable bonds is 9. The molecule has 0 spiro atoms. The molecule has 5 heteroatoms. The molecule has 1 heterocycles. The van der Waals surface area contributed by atoms with Gasteiger partial charge in [-0.15, -0.1) is 0 Å². The summed E-state index contributed by atoms with van der Waals surface area (Å²) in [5.74, 6) is 3.93. The van der Waals surface area contributed by atoms with Gasteiger partial charge in [0.1, 0.15) is 11.5 Å². The standard InChI is InChI=1S/C21H31NO4/c1-14(12-21(3,4)19-9-8-15(2)26-19)22-13-16-10-17(23-5)20(25-7)18(11-16)24-6/h8-11,14,22H,12-13H2,1-7H3/t14-/m0/s1. The summed E-state index contributed by atoms with van der Waals surface area (Å²) in [6, 6.07) is 8.35. The predicted octanol–water partition coefficient (Wildman–Crippen LogP) is 4.46. The Hall–Kier alpha value is -2.14. The van der Waals surface area contributed by atoms with Gasteiger partial charge in [-0.1, -0.05) is 13.8 Å². The van der Waals surface area contributed by atoms with Gasteiger partial charge in [0.25, 0.3) is 0 Å². The molecule has 0 aliphatic rings.